The Labute approximate surface area is 145 Å². The summed E-state index contributed by atoms with van der Waals surface area (Å²) in [5.41, 5.74) is 2.73. The van der Waals surface area contributed by atoms with Gasteiger partial charge in [0.05, 0.1) is 12.8 Å². The lowest BCUT2D eigenvalue weighted by atomic mass is 10.1. The van der Waals surface area contributed by atoms with E-state index in [4.69, 9.17) is 21.1 Å². The molecule has 0 spiro atoms. The third kappa shape index (κ3) is 3.63. The van der Waals surface area contributed by atoms with Crippen LogP contribution in [0, 0.1) is 0 Å². The molecule has 2 N–H and O–H groups in total. The number of ether oxygens (including phenoxy) is 2. The van der Waals surface area contributed by atoms with E-state index in [-0.39, 0.29) is 18.6 Å². The summed E-state index contributed by atoms with van der Waals surface area (Å²) in [7, 11) is 1.63. The molecular weight excluding hydrogens is 328 g/mol. The number of nitrogens with one attached hydrogen (secondary N) is 2. The van der Waals surface area contributed by atoms with E-state index in [0.29, 0.717) is 23.0 Å². The molecule has 1 unspecified atom stereocenters. The van der Waals surface area contributed by atoms with Gasteiger partial charge in [0.2, 0.25) is 0 Å². The van der Waals surface area contributed by atoms with Crippen LogP contribution in [0.2, 0.25) is 5.02 Å². The van der Waals surface area contributed by atoms with Crippen LogP contribution in [0.3, 0.4) is 0 Å². The first-order valence-electron chi connectivity index (χ1n) is 7.69. The predicted octanol–water partition coefficient (Wildman–Crippen LogP) is 3.53. The largest absolute Gasteiger partial charge is 0.497 e. The van der Waals surface area contributed by atoms with Gasteiger partial charge in [-0.05, 0) is 48.4 Å². The van der Waals surface area contributed by atoms with Gasteiger partial charge in [0.15, 0.2) is 6.61 Å². The highest BCUT2D eigenvalue weighted by Crippen LogP contribution is 2.31. The highest BCUT2D eigenvalue weighted by molar-refractivity contribution is 6.31. The number of rotatable bonds is 5. The molecule has 1 aliphatic rings. The zero-order chi connectivity index (χ0) is 17.1. The summed E-state index contributed by atoms with van der Waals surface area (Å²) in [5.74, 6) is 1.34. The lowest BCUT2D eigenvalue weighted by Gasteiger charge is -2.21. The van der Waals surface area contributed by atoms with Gasteiger partial charge in [-0.25, -0.2) is 0 Å². The molecule has 0 aromatic heterocycles. The van der Waals surface area contributed by atoms with E-state index in [1.54, 1.807) is 7.11 Å². The third-order valence-electron chi connectivity index (χ3n) is 3.99. The maximum absolute atomic E-state index is 11.4. The number of carbonyl (C=O) groups excluding carboxylic acids is 1. The van der Waals surface area contributed by atoms with E-state index in [1.165, 1.54) is 0 Å². The minimum atomic E-state index is -0.136. The van der Waals surface area contributed by atoms with Gasteiger partial charge in [-0.15, -0.1) is 0 Å². The van der Waals surface area contributed by atoms with Gasteiger partial charge in [-0.1, -0.05) is 17.7 Å². The van der Waals surface area contributed by atoms with Gasteiger partial charge in [0.25, 0.3) is 5.91 Å². The molecule has 2 aromatic rings. The Morgan fingerprint density at radius 3 is 2.96 bits per heavy atom. The van der Waals surface area contributed by atoms with E-state index < -0.39 is 0 Å². The highest BCUT2D eigenvalue weighted by Gasteiger charge is 2.17. The van der Waals surface area contributed by atoms with Crippen LogP contribution in [0.25, 0.3) is 0 Å². The summed E-state index contributed by atoms with van der Waals surface area (Å²) in [6.45, 7) is 2.73. The van der Waals surface area contributed by atoms with Crippen molar-refractivity contribution in [2.24, 2.45) is 0 Å². The van der Waals surface area contributed by atoms with E-state index in [1.807, 2.05) is 36.4 Å². The monoisotopic (exact) mass is 346 g/mol. The second kappa shape index (κ2) is 7.11. The van der Waals surface area contributed by atoms with E-state index in [2.05, 4.69) is 17.6 Å². The van der Waals surface area contributed by atoms with Crippen LogP contribution >= 0.6 is 11.6 Å². The van der Waals surface area contributed by atoms with Gasteiger partial charge in [-0.3, -0.25) is 4.79 Å². The maximum atomic E-state index is 11.4. The van der Waals surface area contributed by atoms with Crippen molar-refractivity contribution in [3.63, 3.8) is 0 Å². The Kier molecular flexibility index (Phi) is 4.92. The molecule has 24 heavy (non-hydrogen) atoms. The molecule has 5 nitrogen and oxygen atoms in total. The molecule has 0 radical (unpaired) electrons. The number of halogens is 1. The van der Waals surface area contributed by atoms with Crippen molar-refractivity contribution < 1.29 is 14.3 Å². The van der Waals surface area contributed by atoms with Crippen LogP contribution in [-0.4, -0.2) is 19.6 Å². The van der Waals surface area contributed by atoms with Crippen molar-refractivity contribution in [1.29, 1.82) is 0 Å². The summed E-state index contributed by atoms with van der Waals surface area (Å²) in [6, 6.07) is 11.5. The molecule has 0 aliphatic carbocycles. The van der Waals surface area contributed by atoms with Crippen LogP contribution < -0.4 is 20.1 Å². The molecule has 2 aromatic carbocycles. The molecule has 3 rings (SSSR count). The first-order chi connectivity index (χ1) is 11.6. The van der Waals surface area contributed by atoms with Crippen molar-refractivity contribution in [2.45, 2.75) is 19.5 Å². The molecule has 1 atom stereocenters. The van der Waals surface area contributed by atoms with Crippen LogP contribution in [0.4, 0.5) is 5.69 Å². The number of fused-ring (bicyclic) bond motifs is 1. The van der Waals surface area contributed by atoms with Gasteiger partial charge >= 0.3 is 0 Å². The van der Waals surface area contributed by atoms with Crippen molar-refractivity contribution in [3.8, 4) is 11.5 Å². The zero-order valence-corrected chi connectivity index (χ0v) is 14.3. The first-order valence-corrected chi connectivity index (χ1v) is 8.07. The molecule has 0 saturated heterocycles. The molecule has 0 saturated carbocycles. The topological polar surface area (TPSA) is 59.6 Å². The Balaban J connectivity index is 1.70. The van der Waals surface area contributed by atoms with Crippen molar-refractivity contribution in [3.05, 3.63) is 52.5 Å². The first kappa shape index (κ1) is 16.6. The molecule has 0 bridgehead atoms. The van der Waals surface area contributed by atoms with E-state index >= 15 is 0 Å². The fourth-order valence-electron chi connectivity index (χ4n) is 2.56. The van der Waals surface area contributed by atoms with Gasteiger partial charge in [-0.2, -0.15) is 0 Å². The lowest BCUT2D eigenvalue weighted by molar-refractivity contribution is -0.118. The standard InChI is InChI=1S/C18H19ClN2O3/c1-11(20-9-13-7-14(23-2)4-5-15(13)19)12-3-6-17-16(8-12)21-18(22)10-24-17/h3-8,11,20H,9-10H2,1-2H3,(H,21,22). The zero-order valence-electron chi connectivity index (χ0n) is 13.6. The number of methoxy groups -OCH3 is 1. The van der Waals surface area contributed by atoms with Crippen LogP contribution in [0.15, 0.2) is 36.4 Å². The smallest absolute Gasteiger partial charge is 0.262 e. The quantitative estimate of drug-likeness (QED) is 0.869. The minimum absolute atomic E-state index is 0.0640. The van der Waals surface area contributed by atoms with Crippen LogP contribution in [0.1, 0.15) is 24.1 Å². The second-order valence-corrected chi connectivity index (χ2v) is 6.06. The number of hydrogen-bond donors (Lipinski definition) is 2. The minimum Gasteiger partial charge on any atom is -0.497 e. The Morgan fingerprint density at radius 1 is 1.33 bits per heavy atom. The SMILES string of the molecule is COc1ccc(Cl)c(CNC(C)c2ccc3c(c2)NC(=O)CO3)c1. The average Bonchev–Trinajstić information content (AvgIpc) is 2.60. The number of carbonyl (C=O) groups is 1. The molecule has 1 amide bonds. The van der Waals surface area contributed by atoms with Gasteiger partial charge < -0.3 is 20.1 Å². The fourth-order valence-corrected chi connectivity index (χ4v) is 2.75. The highest BCUT2D eigenvalue weighted by atomic mass is 35.5. The molecule has 6 heteroatoms. The Morgan fingerprint density at radius 2 is 2.17 bits per heavy atom. The van der Waals surface area contributed by atoms with E-state index in [0.717, 1.165) is 16.9 Å². The van der Waals surface area contributed by atoms with E-state index in [9.17, 15) is 4.79 Å². The van der Waals surface area contributed by atoms with Crippen molar-refractivity contribution in [2.75, 3.05) is 19.0 Å². The predicted molar refractivity (Wildman–Crippen MR) is 93.8 cm³/mol. The molecule has 1 aliphatic heterocycles. The fraction of sp³-hybridized carbons (Fsp3) is 0.278. The lowest BCUT2D eigenvalue weighted by Crippen LogP contribution is -2.26. The molecule has 126 valence electrons. The molecular formula is C18H19ClN2O3. The Hall–Kier alpha value is -2.24. The summed E-state index contributed by atoms with van der Waals surface area (Å²) < 4.78 is 10.6. The van der Waals surface area contributed by atoms with Crippen LogP contribution in [-0.2, 0) is 11.3 Å². The number of hydrogen-bond acceptors (Lipinski definition) is 4. The van der Waals surface area contributed by atoms with Crippen molar-refractivity contribution >= 4 is 23.2 Å². The summed E-state index contributed by atoms with van der Waals surface area (Å²) in [5, 5.41) is 6.95. The average molecular weight is 347 g/mol. The van der Waals surface area contributed by atoms with Gasteiger partial charge in [0.1, 0.15) is 11.5 Å². The summed E-state index contributed by atoms with van der Waals surface area (Å²) in [6.07, 6.45) is 0. The number of benzene rings is 2. The third-order valence-corrected chi connectivity index (χ3v) is 4.36. The molecule has 1 heterocycles. The second-order valence-electron chi connectivity index (χ2n) is 5.65. The maximum Gasteiger partial charge on any atom is 0.262 e. The number of amides is 1. The van der Waals surface area contributed by atoms with Gasteiger partial charge in [0, 0.05) is 17.6 Å². The number of anilines is 1. The van der Waals surface area contributed by atoms with Crippen LogP contribution in [0.5, 0.6) is 11.5 Å². The normalized spacial score (nSPS) is 14.4. The molecule has 0 fully saturated rings. The summed E-state index contributed by atoms with van der Waals surface area (Å²) in [4.78, 5) is 11.4. The Bertz CT molecular complexity index is 764. The van der Waals surface area contributed by atoms with Crippen molar-refractivity contribution in [1.82, 2.24) is 5.32 Å². The summed E-state index contributed by atoms with van der Waals surface area (Å²) >= 11 is 6.23.